The number of hydrogen-bond donors (Lipinski definition) is 1. The summed E-state index contributed by atoms with van der Waals surface area (Å²) in [6.45, 7) is 6.07. The van der Waals surface area contributed by atoms with Crippen molar-refractivity contribution < 1.29 is 4.79 Å². The molecule has 0 bridgehead atoms. The van der Waals surface area contributed by atoms with Crippen molar-refractivity contribution in [3.63, 3.8) is 0 Å². The summed E-state index contributed by atoms with van der Waals surface area (Å²) in [6.07, 6.45) is 4.39. The lowest BCUT2D eigenvalue weighted by Crippen LogP contribution is -2.40. The second-order valence-electron chi connectivity index (χ2n) is 10.2. The number of halogens is 1. The molecule has 2 aliphatic heterocycles. The highest BCUT2D eigenvalue weighted by atomic mass is 35.5. The van der Waals surface area contributed by atoms with Crippen LogP contribution in [0.25, 0.3) is 6.08 Å². The van der Waals surface area contributed by atoms with Crippen molar-refractivity contribution in [1.29, 1.82) is 0 Å². The number of hydrogen-bond acceptors (Lipinski definition) is 5. The molecule has 0 radical (unpaired) electrons. The van der Waals surface area contributed by atoms with Gasteiger partial charge in [-0.25, -0.2) is 4.99 Å². The number of nitrogens with one attached hydrogen (secondary N) is 1. The van der Waals surface area contributed by atoms with Gasteiger partial charge in [-0.1, -0.05) is 59.3 Å². The van der Waals surface area contributed by atoms with Gasteiger partial charge in [-0.3, -0.25) is 14.2 Å². The zero-order chi connectivity index (χ0) is 27.8. The lowest BCUT2D eigenvalue weighted by atomic mass is 9.95. The molecular weight excluding hydrogens is 540 g/mol. The maximum Gasteiger partial charge on any atom is 0.271 e. The smallest absolute Gasteiger partial charge is 0.271 e. The van der Waals surface area contributed by atoms with E-state index in [0.717, 1.165) is 29.8 Å². The fraction of sp³-hybridized carbons (Fsp3) is 0.219. The normalized spacial score (nSPS) is 17.1. The Bertz CT molecular complexity index is 1800. The van der Waals surface area contributed by atoms with E-state index in [1.807, 2.05) is 55.5 Å². The molecule has 1 fully saturated rings. The fourth-order valence-corrected chi connectivity index (χ4v) is 6.59. The zero-order valence-corrected chi connectivity index (χ0v) is 23.9. The van der Waals surface area contributed by atoms with E-state index in [2.05, 4.69) is 35.3 Å². The number of carbonyl (C=O) groups is 1. The number of benzene rings is 3. The summed E-state index contributed by atoms with van der Waals surface area (Å²) in [6, 6.07) is 22.3. The largest absolute Gasteiger partial charge is 0.372 e. The zero-order valence-electron chi connectivity index (χ0n) is 22.4. The predicted octanol–water partition coefficient (Wildman–Crippen LogP) is 5.44. The first-order chi connectivity index (χ1) is 19.4. The molecular formula is C32H29ClN4O2S. The van der Waals surface area contributed by atoms with Crippen molar-refractivity contribution >= 4 is 46.3 Å². The number of fused-ring (bicyclic) bond motifs is 1. The summed E-state index contributed by atoms with van der Waals surface area (Å²) in [5.74, 6) is -0.296. The Kier molecular flexibility index (Phi) is 7.17. The van der Waals surface area contributed by atoms with Gasteiger partial charge < -0.3 is 10.2 Å². The summed E-state index contributed by atoms with van der Waals surface area (Å²) < 4.78 is 2.22. The predicted molar refractivity (Wildman–Crippen MR) is 163 cm³/mol. The minimum absolute atomic E-state index is 0.177. The first-order valence-electron chi connectivity index (χ1n) is 13.4. The number of rotatable bonds is 5. The number of allylic oxidation sites excluding steroid dienone is 1. The molecule has 0 spiro atoms. The maximum absolute atomic E-state index is 14.0. The van der Waals surface area contributed by atoms with Crippen molar-refractivity contribution in [3.05, 3.63) is 125 Å². The van der Waals surface area contributed by atoms with Gasteiger partial charge in [0.15, 0.2) is 4.80 Å². The van der Waals surface area contributed by atoms with Crippen LogP contribution in [0.1, 0.15) is 42.5 Å². The van der Waals surface area contributed by atoms with E-state index in [9.17, 15) is 9.59 Å². The van der Waals surface area contributed by atoms with Crippen LogP contribution in [-0.2, 0) is 4.79 Å². The molecule has 0 aliphatic carbocycles. The molecule has 202 valence electrons. The molecule has 1 aromatic heterocycles. The van der Waals surface area contributed by atoms with Crippen LogP contribution in [0.4, 0.5) is 11.4 Å². The first-order valence-corrected chi connectivity index (χ1v) is 14.6. The molecule has 0 unspecified atom stereocenters. The Balaban J connectivity index is 1.45. The van der Waals surface area contributed by atoms with Crippen LogP contribution in [-0.4, -0.2) is 23.6 Å². The topological polar surface area (TPSA) is 66.7 Å². The van der Waals surface area contributed by atoms with Crippen LogP contribution < -0.4 is 25.1 Å². The number of aryl methyl sites for hydroxylation is 1. The van der Waals surface area contributed by atoms with E-state index >= 15 is 0 Å². The molecule has 1 amide bonds. The van der Waals surface area contributed by atoms with Crippen LogP contribution in [0.15, 0.2) is 93.9 Å². The summed E-state index contributed by atoms with van der Waals surface area (Å²) in [7, 11) is 0. The first kappa shape index (κ1) is 26.3. The van der Waals surface area contributed by atoms with Crippen LogP contribution in [0.3, 0.4) is 0 Å². The third-order valence-corrected chi connectivity index (χ3v) is 8.73. The summed E-state index contributed by atoms with van der Waals surface area (Å²) in [4.78, 5) is 35.4. The molecule has 1 atom stereocenters. The number of nitrogens with zero attached hydrogens (tertiary/aromatic N) is 3. The minimum Gasteiger partial charge on any atom is -0.372 e. The van der Waals surface area contributed by atoms with E-state index < -0.39 is 6.04 Å². The molecule has 3 aromatic carbocycles. The number of amides is 1. The maximum atomic E-state index is 14.0. The van der Waals surface area contributed by atoms with Crippen molar-refractivity contribution in [2.75, 3.05) is 23.3 Å². The standard InChI is InChI=1S/C32H29ClN4O2S/c1-20-18-26(36-16-6-7-17-36)15-12-23(20)19-27-31(39)37-29(22-10-13-24(33)14-11-22)28(21(2)34-32(37)40-27)30(38)35-25-8-4-3-5-9-25/h3-5,8-15,18-19,29H,6-7,16-17H2,1-2H3,(H,35,38)/b27-19+/t29-/m1/s1. The van der Waals surface area contributed by atoms with Crippen LogP contribution in [0, 0.1) is 6.92 Å². The highest BCUT2D eigenvalue weighted by molar-refractivity contribution is 7.07. The van der Waals surface area contributed by atoms with E-state index in [1.165, 1.54) is 29.9 Å². The quantitative estimate of drug-likeness (QED) is 0.349. The van der Waals surface area contributed by atoms with Crippen molar-refractivity contribution in [1.82, 2.24) is 4.57 Å². The summed E-state index contributed by atoms with van der Waals surface area (Å²) in [5.41, 5.74) is 5.62. The van der Waals surface area contributed by atoms with Gasteiger partial charge in [-0.05, 0) is 85.9 Å². The molecule has 6 nitrogen and oxygen atoms in total. The molecule has 3 heterocycles. The van der Waals surface area contributed by atoms with Gasteiger partial charge in [0.2, 0.25) is 0 Å². The monoisotopic (exact) mass is 568 g/mol. The third kappa shape index (κ3) is 5.03. The van der Waals surface area contributed by atoms with Gasteiger partial charge in [-0.2, -0.15) is 0 Å². The molecule has 6 rings (SSSR count). The average molecular weight is 569 g/mol. The third-order valence-electron chi connectivity index (χ3n) is 7.49. The average Bonchev–Trinajstić information content (AvgIpc) is 3.59. The molecule has 0 saturated carbocycles. The minimum atomic E-state index is -0.641. The number of aromatic nitrogens is 1. The van der Waals surface area contributed by atoms with E-state index in [-0.39, 0.29) is 11.5 Å². The van der Waals surface area contributed by atoms with Crippen molar-refractivity contribution in [2.45, 2.75) is 32.7 Å². The highest BCUT2D eigenvalue weighted by Crippen LogP contribution is 2.31. The molecule has 8 heteroatoms. The van der Waals surface area contributed by atoms with E-state index in [4.69, 9.17) is 16.6 Å². The SMILES string of the molecule is CC1=C(C(=O)Nc2ccccc2)[C@@H](c2ccc(Cl)cc2)n2c(s/c(=C/c3ccc(N4CCCC4)cc3C)c2=O)=N1. The lowest BCUT2D eigenvalue weighted by molar-refractivity contribution is -0.113. The van der Waals surface area contributed by atoms with Crippen LogP contribution in [0.2, 0.25) is 5.02 Å². The van der Waals surface area contributed by atoms with Gasteiger partial charge in [0.1, 0.15) is 0 Å². The van der Waals surface area contributed by atoms with Crippen molar-refractivity contribution in [2.24, 2.45) is 4.99 Å². The number of para-hydroxylation sites is 1. The van der Waals surface area contributed by atoms with Gasteiger partial charge in [0, 0.05) is 29.5 Å². The second kappa shape index (κ2) is 10.9. The van der Waals surface area contributed by atoms with E-state index in [0.29, 0.717) is 31.3 Å². The molecule has 40 heavy (non-hydrogen) atoms. The Labute approximate surface area is 241 Å². The van der Waals surface area contributed by atoms with Crippen molar-refractivity contribution in [3.8, 4) is 0 Å². The Morgan fingerprint density at radius 2 is 1.75 bits per heavy atom. The number of thiazole rings is 1. The van der Waals surface area contributed by atoms with E-state index in [1.54, 1.807) is 16.7 Å². The molecule has 2 aliphatic rings. The molecule has 1 N–H and O–H groups in total. The van der Waals surface area contributed by atoms with Crippen LogP contribution in [0.5, 0.6) is 0 Å². The van der Waals surface area contributed by atoms with Gasteiger partial charge in [-0.15, -0.1) is 0 Å². The number of carbonyl (C=O) groups excluding carboxylic acids is 1. The van der Waals surface area contributed by atoms with Gasteiger partial charge in [0.25, 0.3) is 11.5 Å². The highest BCUT2D eigenvalue weighted by Gasteiger charge is 2.32. The second-order valence-corrected chi connectivity index (χ2v) is 11.6. The van der Waals surface area contributed by atoms with Gasteiger partial charge in [0.05, 0.1) is 21.8 Å². The Morgan fingerprint density at radius 1 is 1.02 bits per heavy atom. The number of anilines is 2. The molecule has 4 aromatic rings. The molecule has 1 saturated heterocycles. The van der Waals surface area contributed by atoms with Crippen LogP contribution >= 0.6 is 22.9 Å². The summed E-state index contributed by atoms with van der Waals surface area (Å²) >= 11 is 7.54. The Morgan fingerprint density at radius 3 is 2.45 bits per heavy atom. The Hall–Kier alpha value is -3.94. The fourth-order valence-electron chi connectivity index (χ4n) is 5.43. The lowest BCUT2D eigenvalue weighted by Gasteiger charge is -2.25. The summed E-state index contributed by atoms with van der Waals surface area (Å²) in [5, 5.41) is 3.56. The van der Waals surface area contributed by atoms with Gasteiger partial charge >= 0.3 is 0 Å².